The molecule has 0 aliphatic carbocycles. The standard InChI is InChI=1S/C15H24N2O2S/c1-3-13-10-12(15(18)19)11-14(17-13)16-8-6-4-5-7-9-20-2/h10-11H,3-9H2,1-2H3,(H,16,17)(H,18,19). The molecule has 0 bridgehead atoms. The van der Waals surface area contributed by atoms with Gasteiger partial charge in [0.2, 0.25) is 0 Å². The molecule has 1 aromatic rings. The molecule has 0 fully saturated rings. The van der Waals surface area contributed by atoms with Crippen LogP contribution in [-0.2, 0) is 6.42 Å². The predicted molar refractivity (Wildman–Crippen MR) is 85.9 cm³/mol. The summed E-state index contributed by atoms with van der Waals surface area (Å²) in [5.41, 5.74) is 1.12. The molecule has 0 saturated heterocycles. The van der Waals surface area contributed by atoms with Gasteiger partial charge in [-0.2, -0.15) is 11.8 Å². The molecule has 0 radical (unpaired) electrons. The topological polar surface area (TPSA) is 62.2 Å². The summed E-state index contributed by atoms with van der Waals surface area (Å²) in [6, 6.07) is 3.24. The Morgan fingerprint density at radius 2 is 2.05 bits per heavy atom. The van der Waals surface area contributed by atoms with E-state index >= 15 is 0 Å². The van der Waals surface area contributed by atoms with Crippen LogP contribution in [0, 0.1) is 0 Å². The quantitative estimate of drug-likeness (QED) is 0.645. The first-order chi connectivity index (χ1) is 9.67. The number of anilines is 1. The zero-order chi connectivity index (χ0) is 14.8. The number of pyridine rings is 1. The van der Waals surface area contributed by atoms with Crippen LogP contribution in [0.5, 0.6) is 0 Å². The van der Waals surface area contributed by atoms with E-state index in [1.807, 2.05) is 18.7 Å². The number of carboxylic acid groups (broad SMARTS) is 1. The monoisotopic (exact) mass is 296 g/mol. The van der Waals surface area contributed by atoms with Crippen molar-refractivity contribution in [3.63, 3.8) is 0 Å². The Labute approximate surface area is 125 Å². The van der Waals surface area contributed by atoms with Crippen molar-refractivity contribution in [1.82, 2.24) is 4.98 Å². The third-order valence-corrected chi connectivity index (χ3v) is 3.77. The highest BCUT2D eigenvalue weighted by atomic mass is 32.2. The van der Waals surface area contributed by atoms with E-state index in [0.29, 0.717) is 11.4 Å². The molecule has 20 heavy (non-hydrogen) atoms. The van der Waals surface area contributed by atoms with Crippen LogP contribution in [0.25, 0.3) is 0 Å². The maximum Gasteiger partial charge on any atom is 0.335 e. The van der Waals surface area contributed by atoms with Gasteiger partial charge in [0, 0.05) is 12.2 Å². The number of carbonyl (C=O) groups is 1. The van der Waals surface area contributed by atoms with Crippen molar-refractivity contribution in [3.8, 4) is 0 Å². The molecule has 0 unspecified atom stereocenters. The molecule has 0 aliphatic rings. The van der Waals surface area contributed by atoms with Crippen LogP contribution < -0.4 is 5.32 Å². The van der Waals surface area contributed by atoms with Gasteiger partial charge in [0.05, 0.1) is 5.56 Å². The van der Waals surface area contributed by atoms with Crippen LogP contribution in [0.15, 0.2) is 12.1 Å². The van der Waals surface area contributed by atoms with Crippen molar-refractivity contribution >= 4 is 23.5 Å². The lowest BCUT2D eigenvalue weighted by Gasteiger charge is -2.08. The van der Waals surface area contributed by atoms with Gasteiger partial charge in [0.1, 0.15) is 5.82 Å². The number of nitrogens with zero attached hydrogens (tertiary/aromatic N) is 1. The fourth-order valence-electron chi connectivity index (χ4n) is 1.92. The molecular weight excluding hydrogens is 272 g/mol. The zero-order valence-corrected chi connectivity index (χ0v) is 13.1. The number of aryl methyl sites for hydroxylation is 1. The number of aromatic nitrogens is 1. The van der Waals surface area contributed by atoms with Crippen LogP contribution >= 0.6 is 11.8 Å². The van der Waals surface area contributed by atoms with E-state index in [2.05, 4.69) is 16.6 Å². The Morgan fingerprint density at radius 3 is 2.70 bits per heavy atom. The van der Waals surface area contributed by atoms with Crippen LogP contribution in [-0.4, -0.2) is 34.6 Å². The molecule has 2 N–H and O–H groups in total. The Kier molecular flexibility index (Phi) is 8.11. The second-order valence-corrected chi connectivity index (χ2v) is 5.71. The average Bonchev–Trinajstić information content (AvgIpc) is 2.46. The Balaban J connectivity index is 2.39. The molecule has 0 saturated carbocycles. The van der Waals surface area contributed by atoms with Gasteiger partial charge in [0.15, 0.2) is 0 Å². The molecule has 112 valence electrons. The van der Waals surface area contributed by atoms with Crippen LogP contribution in [0.3, 0.4) is 0 Å². The molecule has 1 rings (SSSR count). The number of nitrogens with one attached hydrogen (secondary N) is 1. The highest BCUT2D eigenvalue weighted by molar-refractivity contribution is 7.98. The van der Waals surface area contributed by atoms with Gasteiger partial charge in [-0.15, -0.1) is 0 Å². The number of unbranched alkanes of at least 4 members (excludes halogenated alkanes) is 3. The summed E-state index contributed by atoms with van der Waals surface area (Å²) in [6.07, 6.45) is 7.69. The smallest absolute Gasteiger partial charge is 0.335 e. The summed E-state index contributed by atoms with van der Waals surface area (Å²) in [4.78, 5) is 15.4. The minimum Gasteiger partial charge on any atom is -0.478 e. The zero-order valence-electron chi connectivity index (χ0n) is 12.3. The fourth-order valence-corrected chi connectivity index (χ4v) is 2.42. The van der Waals surface area contributed by atoms with E-state index < -0.39 is 5.97 Å². The molecule has 0 amide bonds. The molecule has 0 aliphatic heterocycles. The van der Waals surface area contributed by atoms with Crippen LogP contribution in [0.1, 0.15) is 48.7 Å². The van der Waals surface area contributed by atoms with Crippen LogP contribution in [0.4, 0.5) is 5.82 Å². The van der Waals surface area contributed by atoms with E-state index in [-0.39, 0.29) is 0 Å². The molecule has 1 heterocycles. The highest BCUT2D eigenvalue weighted by Crippen LogP contribution is 2.12. The van der Waals surface area contributed by atoms with Gasteiger partial charge < -0.3 is 10.4 Å². The van der Waals surface area contributed by atoms with Crippen molar-refractivity contribution in [2.24, 2.45) is 0 Å². The van der Waals surface area contributed by atoms with Gasteiger partial charge in [0.25, 0.3) is 0 Å². The Bertz CT molecular complexity index is 424. The first kappa shape index (κ1) is 16.8. The van der Waals surface area contributed by atoms with Crippen molar-refractivity contribution in [1.29, 1.82) is 0 Å². The number of hydrogen-bond acceptors (Lipinski definition) is 4. The average molecular weight is 296 g/mol. The summed E-state index contributed by atoms with van der Waals surface area (Å²) < 4.78 is 0. The molecule has 0 atom stereocenters. The van der Waals surface area contributed by atoms with E-state index in [9.17, 15) is 4.79 Å². The van der Waals surface area contributed by atoms with Gasteiger partial charge in [-0.1, -0.05) is 19.8 Å². The lowest BCUT2D eigenvalue weighted by molar-refractivity contribution is 0.0696. The predicted octanol–water partition coefficient (Wildman–Crippen LogP) is 3.68. The van der Waals surface area contributed by atoms with Gasteiger partial charge >= 0.3 is 5.97 Å². The first-order valence-corrected chi connectivity index (χ1v) is 8.53. The van der Waals surface area contributed by atoms with Crippen molar-refractivity contribution in [2.45, 2.75) is 39.0 Å². The van der Waals surface area contributed by atoms with Crippen molar-refractivity contribution < 1.29 is 9.90 Å². The third kappa shape index (κ3) is 6.28. The first-order valence-electron chi connectivity index (χ1n) is 7.14. The van der Waals surface area contributed by atoms with Crippen molar-refractivity contribution in [2.75, 3.05) is 23.9 Å². The fraction of sp³-hybridized carbons (Fsp3) is 0.600. The van der Waals surface area contributed by atoms with E-state index in [1.54, 1.807) is 12.1 Å². The number of rotatable bonds is 10. The molecular formula is C15H24N2O2S. The van der Waals surface area contributed by atoms with E-state index in [4.69, 9.17) is 5.11 Å². The molecule has 0 aromatic carbocycles. The Hall–Kier alpha value is -1.23. The minimum absolute atomic E-state index is 0.305. The number of thioether (sulfide) groups is 1. The largest absolute Gasteiger partial charge is 0.478 e. The van der Waals surface area contributed by atoms with Crippen LogP contribution in [0.2, 0.25) is 0 Å². The van der Waals surface area contributed by atoms with E-state index in [0.717, 1.165) is 25.1 Å². The minimum atomic E-state index is -0.901. The van der Waals surface area contributed by atoms with E-state index in [1.165, 1.54) is 25.0 Å². The summed E-state index contributed by atoms with van der Waals surface area (Å²) in [5, 5.41) is 12.3. The normalized spacial score (nSPS) is 10.5. The highest BCUT2D eigenvalue weighted by Gasteiger charge is 2.07. The van der Waals surface area contributed by atoms with Crippen molar-refractivity contribution in [3.05, 3.63) is 23.4 Å². The number of aromatic carboxylic acids is 1. The Morgan fingerprint density at radius 1 is 1.30 bits per heavy atom. The summed E-state index contributed by atoms with van der Waals surface area (Å²) >= 11 is 1.89. The summed E-state index contributed by atoms with van der Waals surface area (Å²) in [6.45, 7) is 2.82. The summed E-state index contributed by atoms with van der Waals surface area (Å²) in [5.74, 6) is 1.00. The second kappa shape index (κ2) is 9.64. The molecule has 1 aromatic heterocycles. The van der Waals surface area contributed by atoms with Gasteiger partial charge in [-0.3, -0.25) is 0 Å². The molecule has 4 nitrogen and oxygen atoms in total. The maximum atomic E-state index is 11.0. The molecule has 5 heteroatoms. The maximum absolute atomic E-state index is 11.0. The lowest BCUT2D eigenvalue weighted by Crippen LogP contribution is -2.07. The second-order valence-electron chi connectivity index (χ2n) is 4.72. The lowest BCUT2D eigenvalue weighted by atomic mass is 10.2. The SMILES string of the molecule is CCc1cc(C(=O)O)cc(NCCCCCCSC)n1. The molecule has 0 spiro atoms. The number of carboxylic acids is 1. The van der Waals surface area contributed by atoms with Gasteiger partial charge in [-0.05, 0) is 43.4 Å². The van der Waals surface area contributed by atoms with Gasteiger partial charge in [-0.25, -0.2) is 9.78 Å². The third-order valence-electron chi connectivity index (χ3n) is 3.07. The summed E-state index contributed by atoms with van der Waals surface area (Å²) in [7, 11) is 0. The number of hydrogen-bond donors (Lipinski definition) is 2.